The highest BCUT2D eigenvalue weighted by Gasteiger charge is 2.58. The summed E-state index contributed by atoms with van der Waals surface area (Å²) in [4.78, 5) is 29.6. The smallest absolute Gasteiger partial charge is 0.303 e. The van der Waals surface area contributed by atoms with Gasteiger partial charge in [0, 0.05) is 19.8 Å². The monoisotopic (exact) mass is 943 g/mol. The molecule has 17 heteroatoms. The predicted molar refractivity (Wildman–Crippen MR) is 247 cm³/mol. The van der Waals surface area contributed by atoms with E-state index in [1.807, 2.05) is 0 Å². The molecule has 0 unspecified atom stereocenters. The lowest BCUT2D eigenvalue weighted by molar-refractivity contribution is -0.383. The number of hydrogen-bond acceptors (Lipinski definition) is 14. The van der Waals surface area contributed by atoms with Crippen molar-refractivity contribution in [2.24, 2.45) is 0 Å². The first kappa shape index (κ1) is 65.1. The van der Waals surface area contributed by atoms with Gasteiger partial charge >= 0.3 is 11.9 Å². The van der Waals surface area contributed by atoms with E-state index >= 15 is 0 Å². The molecule has 2 rings (SSSR count). The summed E-state index contributed by atoms with van der Waals surface area (Å²) in [6.45, 7) is 3.29. The number of unbranched alkanes of at least 4 members (excludes halogenated alkanes) is 26. The van der Waals surface area contributed by atoms with Crippen LogP contribution in [0.4, 0.5) is 0 Å². The Morgan fingerprint density at radius 1 is 0.462 bits per heavy atom. The average Bonchev–Trinajstić information content (AvgIpc) is 3.51. The van der Waals surface area contributed by atoms with Gasteiger partial charge in [0.2, 0.25) is 5.79 Å². The molecule has 0 aromatic heterocycles. The van der Waals surface area contributed by atoms with Crippen LogP contribution in [0.25, 0.3) is 0 Å². The zero-order chi connectivity index (χ0) is 49.3. The maximum Gasteiger partial charge on any atom is 0.303 e. The Hall–Kier alpha value is -2.03. The van der Waals surface area contributed by atoms with Crippen LogP contribution in [0, 0.1) is 0 Å². The fourth-order valence-electron chi connectivity index (χ4n) is 7.57. The molecule has 2 fully saturated rings. The number of ether oxygens (including phenoxy) is 3. The third kappa shape index (κ3) is 34.0. The lowest BCUT2D eigenvalue weighted by atomic mass is 9.99. The number of hydrogen-bond donors (Lipinski definition) is 11. The molecule has 0 spiro atoms. The second-order valence-electron chi connectivity index (χ2n) is 17.6. The lowest BCUT2D eigenvalue weighted by Gasteiger charge is -2.43. The van der Waals surface area contributed by atoms with E-state index in [0.29, 0.717) is 12.8 Å². The van der Waals surface area contributed by atoms with Gasteiger partial charge in [0.05, 0.1) is 13.2 Å². The first-order chi connectivity index (χ1) is 31.1. The quantitative estimate of drug-likeness (QED) is 0.0299. The summed E-state index contributed by atoms with van der Waals surface area (Å²) >= 11 is 0. The van der Waals surface area contributed by atoms with Crippen molar-refractivity contribution in [3.05, 3.63) is 0 Å². The van der Waals surface area contributed by atoms with Crippen molar-refractivity contribution < 1.29 is 84.8 Å². The predicted octanol–water partition coefficient (Wildman–Crippen LogP) is 6.58. The summed E-state index contributed by atoms with van der Waals surface area (Å²) in [6, 6.07) is 0. The Labute approximate surface area is 389 Å². The molecule has 2 saturated heterocycles. The topological polar surface area (TPSA) is 301 Å². The van der Waals surface area contributed by atoms with Gasteiger partial charge in [-0.3, -0.25) is 14.4 Å². The molecule has 388 valence electrons. The highest BCUT2D eigenvalue weighted by Crippen LogP contribution is 2.36. The van der Waals surface area contributed by atoms with Crippen molar-refractivity contribution in [1.82, 2.24) is 0 Å². The van der Waals surface area contributed by atoms with E-state index in [0.717, 1.165) is 32.6 Å². The number of rotatable bonds is 35. The van der Waals surface area contributed by atoms with Crippen LogP contribution < -0.4 is 0 Å². The molecule has 0 amide bonds. The van der Waals surface area contributed by atoms with Crippen LogP contribution in [-0.4, -0.2) is 149 Å². The van der Waals surface area contributed by atoms with Crippen LogP contribution in [0.3, 0.4) is 0 Å². The Morgan fingerprint density at radius 2 is 0.769 bits per heavy atom. The van der Waals surface area contributed by atoms with Gasteiger partial charge in [-0.25, -0.2) is 0 Å². The van der Waals surface area contributed by atoms with Crippen molar-refractivity contribution in [2.45, 2.75) is 268 Å². The molecule has 0 aromatic carbocycles. The van der Waals surface area contributed by atoms with Crippen LogP contribution >= 0.6 is 0 Å². The van der Waals surface area contributed by atoms with Crippen molar-refractivity contribution in [3.63, 3.8) is 0 Å². The molecule has 0 saturated carbocycles. The van der Waals surface area contributed by atoms with E-state index in [9.17, 15) is 40.2 Å². The Balaban J connectivity index is 0. The molecule has 65 heavy (non-hydrogen) atoms. The van der Waals surface area contributed by atoms with Crippen molar-refractivity contribution >= 4 is 17.9 Å². The molecule has 2 aliphatic heterocycles. The molecule has 0 aromatic rings. The summed E-state index contributed by atoms with van der Waals surface area (Å²) in [5.74, 6) is -4.36. The van der Waals surface area contributed by atoms with Crippen LogP contribution in [0.1, 0.15) is 213 Å². The van der Waals surface area contributed by atoms with E-state index in [4.69, 9.17) is 44.5 Å². The van der Waals surface area contributed by atoms with E-state index < -0.39 is 92.5 Å². The minimum Gasteiger partial charge on any atom is -0.481 e. The minimum absolute atomic E-state index is 0.345. The zero-order valence-electron chi connectivity index (χ0n) is 40.3. The van der Waals surface area contributed by atoms with Crippen molar-refractivity contribution in [1.29, 1.82) is 0 Å². The summed E-state index contributed by atoms with van der Waals surface area (Å²) in [5.41, 5.74) is 0. The van der Waals surface area contributed by atoms with E-state index in [1.54, 1.807) is 0 Å². The zero-order valence-corrected chi connectivity index (χ0v) is 40.3. The molecule has 17 nitrogen and oxygen atoms in total. The summed E-state index contributed by atoms with van der Waals surface area (Å²) in [7, 11) is 0. The third-order valence-electron chi connectivity index (χ3n) is 11.6. The summed E-state index contributed by atoms with van der Waals surface area (Å²) in [5, 5.41) is 101. The van der Waals surface area contributed by atoms with Crippen LogP contribution in [-0.2, 0) is 28.6 Å². The molecule has 2 heterocycles. The fraction of sp³-hybridized carbons (Fsp3) is 0.938. The first-order valence-electron chi connectivity index (χ1n) is 25.0. The van der Waals surface area contributed by atoms with Gasteiger partial charge in [-0.15, -0.1) is 0 Å². The molecule has 9 atom stereocenters. The normalized spacial score (nSPS) is 24.8. The largest absolute Gasteiger partial charge is 0.481 e. The molecular formula is C48H94O17. The SMILES string of the molecule is CC(=O)O.CCCCCCCCCCCCCCCC(=O)O.CCCCCCCCCCCCCCCCCC(=O)O.OC[C@H]1O[C@@](CO)(O[C@H]2O[C@H](CO)[C@@H](O)[C@H](O)[C@H]2O)[C@@H](O)[C@@H]1O. The molecule has 11 N–H and O–H groups in total. The van der Waals surface area contributed by atoms with Gasteiger partial charge in [-0.1, -0.05) is 181 Å². The average molecular weight is 943 g/mol. The summed E-state index contributed by atoms with van der Waals surface area (Å²) < 4.78 is 15.4. The standard InChI is InChI=1S/C18H36O2.C16H32O2.C12H22O11.C2H4O2/c1-2-3-4-5-6-7-8-9-10-11-12-13-14-15-16-17-18(19)20;1-2-3-4-5-6-7-8-9-10-11-12-13-14-15-16(17)18;13-1-4-6(16)8(18)9(19)11(21-4)23-12(3-15)10(20)7(17)5(2-14)22-12;1-2(3)4/h2-17H2,1H3,(H,19,20);2-15H2,1H3,(H,17,18);4-11,13-20H,1-3H2;1H3,(H,3,4)/t;;4-,5-,6-,7-,8+,9-,10+,11-,12+;/m..1./s1. The van der Waals surface area contributed by atoms with Crippen LogP contribution in [0.5, 0.6) is 0 Å². The Bertz CT molecular complexity index is 1110. The summed E-state index contributed by atoms with van der Waals surface area (Å²) in [6.07, 6.45) is 24.8. The van der Waals surface area contributed by atoms with Gasteiger partial charge in [-0.2, -0.15) is 0 Å². The van der Waals surface area contributed by atoms with E-state index in [-0.39, 0.29) is 0 Å². The fourth-order valence-corrected chi connectivity index (χ4v) is 7.57. The number of carboxylic acid groups (broad SMARTS) is 3. The second-order valence-corrected chi connectivity index (χ2v) is 17.6. The first-order valence-corrected chi connectivity index (χ1v) is 25.0. The highest BCUT2D eigenvalue weighted by atomic mass is 16.8. The molecule has 0 bridgehead atoms. The number of aliphatic hydroxyl groups is 8. The molecular weight excluding hydrogens is 849 g/mol. The van der Waals surface area contributed by atoms with Gasteiger partial charge in [0.15, 0.2) is 6.29 Å². The van der Waals surface area contributed by atoms with Crippen molar-refractivity contribution in [2.75, 3.05) is 19.8 Å². The van der Waals surface area contributed by atoms with E-state index in [2.05, 4.69) is 13.8 Å². The molecule has 2 aliphatic rings. The van der Waals surface area contributed by atoms with Gasteiger partial charge in [0.1, 0.15) is 49.3 Å². The maximum absolute atomic E-state index is 10.3. The maximum atomic E-state index is 10.3. The number of aliphatic carboxylic acids is 3. The third-order valence-corrected chi connectivity index (χ3v) is 11.6. The van der Waals surface area contributed by atoms with Crippen LogP contribution in [0.15, 0.2) is 0 Å². The number of carboxylic acids is 3. The van der Waals surface area contributed by atoms with Gasteiger partial charge in [-0.05, 0) is 12.8 Å². The number of carbonyl (C=O) groups is 3. The number of aliphatic hydroxyl groups excluding tert-OH is 8. The Kier molecular flexibility index (Phi) is 43.3. The van der Waals surface area contributed by atoms with Gasteiger partial charge < -0.3 is 70.4 Å². The lowest BCUT2D eigenvalue weighted by Crippen LogP contribution is -2.62. The highest BCUT2D eigenvalue weighted by molar-refractivity contribution is 5.66. The molecule has 0 aliphatic carbocycles. The van der Waals surface area contributed by atoms with Crippen LogP contribution in [0.2, 0.25) is 0 Å². The van der Waals surface area contributed by atoms with Gasteiger partial charge in [0.25, 0.3) is 5.97 Å². The Morgan fingerprint density at radius 3 is 1.03 bits per heavy atom. The second kappa shape index (κ2) is 43.3. The van der Waals surface area contributed by atoms with Crippen molar-refractivity contribution in [3.8, 4) is 0 Å². The van der Waals surface area contributed by atoms with E-state index in [1.165, 1.54) is 154 Å². The molecule has 0 radical (unpaired) electrons. The minimum atomic E-state index is -2.22.